The summed E-state index contributed by atoms with van der Waals surface area (Å²) in [5, 5.41) is 0. The fraction of sp³-hybridized carbons (Fsp3) is 0.0714. The molecule has 0 bridgehead atoms. The topological polar surface area (TPSA) is 17.1 Å². The normalized spacial score (nSPS) is 10.4. The standard InChI is InChI=1S/C14H12OSe/c15-14(16)13(11-7-3-1-4-8-11)12-9-5-2-6-10-12/h1-10,13H,(H,15,16). The molecule has 0 atom stereocenters. The Morgan fingerprint density at radius 2 is 1.19 bits per heavy atom. The molecular weight excluding hydrogens is 263 g/mol. The van der Waals surface area contributed by atoms with Gasteiger partial charge in [0.15, 0.2) is 0 Å². The predicted molar refractivity (Wildman–Crippen MR) is 66.9 cm³/mol. The van der Waals surface area contributed by atoms with Crippen LogP contribution in [0.1, 0.15) is 17.0 Å². The monoisotopic (exact) mass is 276 g/mol. The van der Waals surface area contributed by atoms with Gasteiger partial charge >= 0.3 is 103 Å². The molecule has 2 rings (SSSR count). The van der Waals surface area contributed by atoms with E-state index in [0.29, 0.717) is 0 Å². The average molecular weight is 275 g/mol. The molecule has 0 amide bonds. The molecule has 2 aromatic carbocycles. The molecule has 0 aliphatic rings. The molecule has 2 aromatic rings. The molecule has 0 fully saturated rings. The van der Waals surface area contributed by atoms with Gasteiger partial charge in [0.1, 0.15) is 0 Å². The Kier molecular flexibility index (Phi) is 3.55. The molecule has 1 nitrogen and oxygen atoms in total. The molecule has 0 saturated carbocycles. The fourth-order valence-corrected chi connectivity index (χ4v) is 2.39. The van der Waals surface area contributed by atoms with Crippen LogP contribution in [0.4, 0.5) is 0 Å². The van der Waals surface area contributed by atoms with Crippen LogP contribution in [0.2, 0.25) is 0 Å². The molecule has 80 valence electrons. The van der Waals surface area contributed by atoms with E-state index >= 15 is 0 Å². The second-order valence-corrected chi connectivity index (χ2v) is 4.52. The van der Waals surface area contributed by atoms with Gasteiger partial charge in [-0.1, -0.05) is 0 Å². The van der Waals surface area contributed by atoms with Gasteiger partial charge in [0.2, 0.25) is 0 Å². The van der Waals surface area contributed by atoms with Gasteiger partial charge in [-0.25, -0.2) is 0 Å². The van der Waals surface area contributed by atoms with Crippen molar-refractivity contribution < 1.29 is 4.79 Å². The molecule has 0 saturated heterocycles. The molecule has 0 aliphatic heterocycles. The van der Waals surface area contributed by atoms with Crippen molar-refractivity contribution in [2.75, 3.05) is 0 Å². The first kappa shape index (κ1) is 11.1. The summed E-state index contributed by atoms with van der Waals surface area (Å²) in [5.41, 5.74) is 2.08. The van der Waals surface area contributed by atoms with Gasteiger partial charge < -0.3 is 0 Å². The first-order valence-electron chi connectivity index (χ1n) is 5.12. The van der Waals surface area contributed by atoms with Gasteiger partial charge in [-0.2, -0.15) is 0 Å². The Labute approximate surface area is 103 Å². The second-order valence-electron chi connectivity index (χ2n) is 3.59. The van der Waals surface area contributed by atoms with E-state index in [1.165, 1.54) is 0 Å². The van der Waals surface area contributed by atoms with Crippen molar-refractivity contribution >= 4 is 20.7 Å². The zero-order valence-corrected chi connectivity index (χ0v) is 10.6. The zero-order chi connectivity index (χ0) is 11.4. The van der Waals surface area contributed by atoms with Crippen LogP contribution in [0.3, 0.4) is 0 Å². The summed E-state index contributed by atoms with van der Waals surface area (Å²) in [4.78, 5) is 11.7. The molecule has 0 N–H and O–H groups in total. The van der Waals surface area contributed by atoms with Crippen LogP contribution < -0.4 is 0 Å². The maximum atomic E-state index is 11.7. The van der Waals surface area contributed by atoms with Crippen LogP contribution in [0.15, 0.2) is 60.7 Å². The summed E-state index contributed by atoms with van der Waals surface area (Å²) in [6, 6.07) is 19.7. The zero-order valence-electron chi connectivity index (χ0n) is 8.71. The molecule has 0 aromatic heterocycles. The van der Waals surface area contributed by atoms with Gasteiger partial charge in [-0.05, 0) is 0 Å². The number of hydrogen-bond acceptors (Lipinski definition) is 1. The Balaban J connectivity index is 2.44. The van der Waals surface area contributed by atoms with Gasteiger partial charge in [0.25, 0.3) is 0 Å². The average Bonchev–Trinajstić information content (AvgIpc) is 2.31. The number of rotatable bonds is 3. The third-order valence-electron chi connectivity index (χ3n) is 2.51. The van der Waals surface area contributed by atoms with E-state index in [9.17, 15) is 4.79 Å². The van der Waals surface area contributed by atoms with Crippen molar-refractivity contribution in [2.24, 2.45) is 0 Å². The van der Waals surface area contributed by atoms with Crippen LogP contribution in [0.5, 0.6) is 0 Å². The Morgan fingerprint density at radius 3 is 1.50 bits per heavy atom. The number of hydrogen-bond donors (Lipinski definition) is 0. The van der Waals surface area contributed by atoms with Crippen LogP contribution in [-0.4, -0.2) is 20.7 Å². The van der Waals surface area contributed by atoms with Crippen molar-refractivity contribution in [3.05, 3.63) is 71.8 Å². The van der Waals surface area contributed by atoms with Crippen LogP contribution in [0.25, 0.3) is 0 Å². The van der Waals surface area contributed by atoms with Crippen molar-refractivity contribution in [1.29, 1.82) is 0 Å². The van der Waals surface area contributed by atoms with Crippen LogP contribution in [0, 0.1) is 0 Å². The van der Waals surface area contributed by atoms with Crippen LogP contribution >= 0.6 is 0 Å². The number of benzene rings is 2. The summed E-state index contributed by atoms with van der Waals surface area (Å²) in [6.45, 7) is 0. The van der Waals surface area contributed by atoms with Gasteiger partial charge in [-0.3, -0.25) is 0 Å². The van der Waals surface area contributed by atoms with Gasteiger partial charge in [0.05, 0.1) is 0 Å². The predicted octanol–water partition coefficient (Wildman–Crippen LogP) is 2.25. The minimum atomic E-state index is -0.164. The molecule has 0 unspecified atom stereocenters. The Morgan fingerprint density at radius 1 is 0.812 bits per heavy atom. The van der Waals surface area contributed by atoms with Gasteiger partial charge in [0, 0.05) is 0 Å². The van der Waals surface area contributed by atoms with E-state index in [1.807, 2.05) is 60.7 Å². The molecule has 0 radical (unpaired) electrons. The molecule has 0 aliphatic carbocycles. The van der Waals surface area contributed by atoms with E-state index in [0.717, 1.165) is 11.1 Å². The summed E-state index contributed by atoms with van der Waals surface area (Å²) >= 11 is 2.12. The van der Waals surface area contributed by atoms with Crippen molar-refractivity contribution in [3.63, 3.8) is 0 Å². The van der Waals surface area contributed by atoms with E-state index in [2.05, 4.69) is 16.0 Å². The molecule has 16 heavy (non-hydrogen) atoms. The van der Waals surface area contributed by atoms with E-state index in [-0.39, 0.29) is 10.6 Å². The molecule has 0 heterocycles. The minimum absolute atomic E-state index is 0.116. The third kappa shape index (κ3) is 2.41. The van der Waals surface area contributed by atoms with Gasteiger partial charge in [-0.15, -0.1) is 0 Å². The summed E-state index contributed by atoms with van der Waals surface area (Å²) in [7, 11) is 0. The Bertz CT molecular complexity index is 425. The van der Waals surface area contributed by atoms with E-state index < -0.39 is 0 Å². The van der Waals surface area contributed by atoms with Crippen molar-refractivity contribution in [1.82, 2.24) is 0 Å². The summed E-state index contributed by atoms with van der Waals surface area (Å²) in [5.74, 6) is -0.164. The SMILES string of the molecule is O=C([SeH])C(c1ccccc1)c1ccccc1. The number of carbonyl (C=O) groups is 1. The Hall–Kier alpha value is -1.37. The van der Waals surface area contributed by atoms with Crippen molar-refractivity contribution in [3.8, 4) is 0 Å². The first-order chi connectivity index (χ1) is 7.79. The van der Waals surface area contributed by atoms with Crippen molar-refractivity contribution in [2.45, 2.75) is 5.92 Å². The maximum absolute atomic E-state index is 11.7. The van der Waals surface area contributed by atoms with E-state index in [1.54, 1.807) is 0 Å². The number of carbonyl (C=O) groups excluding carboxylic acids is 1. The third-order valence-corrected chi connectivity index (χ3v) is 3.05. The molecule has 2 heteroatoms. The summed E-state index contributed by atoms with van der Waals surface area (Å²) < 4.78 is 0.116. The molecular formula is C14H12OSe. The summed E-state index contributed by atoms with van der Waals surface area (Å²) in [6.07, 6.45) is 0. The fourth-order valence-electron chi connectivity index (χ4n) is 1.77. The van der Waals surface area contributed by atoms with E-state index in [4.69, 9.17) is 0 Å². The molecule has 0 spiro atoms. The van der Waals surface area contributed by atoms with Crippen LogP contribution in [-0.2, 0) is 4.79 Å². The quantitative estimate of drug-likeness (QED) is 0.785. The second kappa shape index (κ2) is 5.11. The first-order valence-corrected chi connectivity index (χ1v) is 6.05.